The Labute approximate surface area is 192 Å². The van der Waals surface area contributed by atoms with Gasteiger partial charge in [-0.1, -0.05) is 103 Å². The molecule has 0 spiro atoms. The van der Waals surface area contributed by atoms with Crippen LogP contribution in [0.5, 0.6) is 0 Å². The summed E-state index contributed by atoms with van der Waals surface area (Å²) in [5.41, 5.74) is 2.80. The van der Waals surface area contributed by atoms with E-state index in [1.165, 1.54) is 11.8 Å². The number of benzene rings is 3. The molecule has 1 aromatic heterocycles. The molecule has 0 saturated heterocycles. The van der Waals surface area contributed by atoms with E-state index >= 15 is 0 Å². The fourth-order valence-electron chi connectivity index (χ4n) is 3.88. The number of tetrazole rings is 1. The summed E-state index contributed by atoms with van der Waals surface area (Å²) in [5.74, 6) is 1.36. The number of rotatable bonds is 9. The molecule has 3 aromatic carbocycles. The topological polar surface area (TPSA) is 72.7 Å². The van der Waals surface area contributed by atoms with Crippen LogP contribution in [0, 0.1) is 0 Å². The number of hydrogen-bond acceptors (Lipinski definition) is 6. The van der Waals surface area contributed by atoms with Gasteiger partial charge < -0.3 is 0 Å². The van der Waals surface area contributed by atoms with Gasteiger partial charge in [0, 0.05) is 12.7 Å². The maximum absolute atomic E-state index is 11.3. The van der Waals surface area contributed by atoms with Crippen molar-refractivity contribution in [2.24, 2.45) is 0 Å². The van der Waals surface area contributed by atoms with Crippen molar-refractivity contribution in [2.75, 3.05) is 5.75 Å². The van der Waals surface area contributed by atoms with Gasteiger partial charge in [-0.05, 0) is 27.1 Å². The smallest absolute Gasteiger partial charge is 0.185 e. The first kappa shape index (κ1) is 21.9. The Morgan fingerprint density at radius 2 is 1.38 bits per heavy atom. The zero-order valence-corrected chi connectivity index (χ0v) is 18.7. The molecule has 4 rings (SSSR count). The summed E-state index contributed by atoms with van der Waals surface area (Å²) in [6.45, 7) is 2.60. The number of nitrogens with one attached hydrogen (secondary N) is 1. The highest BCUT2D eigenvalue weighted by atomic mass is 32.2. The Morgan fingerprint density at radius 1 is 0.875 bits per heavy atom. The number of aryl methyl sites for hydroxylation is 1. The standard InChI is InChI=1S/C25H25N5OS/c1-20(31)32-18-17-30-24(27-28-29-30)19-26-25(21-11-5-2-6-12-21,22-13-7-3-8-14-22)23-15-9-4-10-16-23/h2-16,26H,17-19H2,1H3. The van der Waals surface area contributed by atoms with Crippen molar-refractivity contribution >= 4 is 16.9 Å². The average molecular weight is 444 g/mol. The number of aromatic nitrogens is 4. The monoisotopic (exact) mass is 443 g/mol. The van der Waals surface area contributed by atoms with E-state index in [4.69, 9.17) is 0 Å². The Bertz CT molecular complexity index is 1040. The Hall–Kier alpha value is -3.29. The maximum Gasteiger partial charge on any atom is 0.185 e. The normalized spacial score (nSPS) is 11.4. The number of carbonyl (C=O) groups excluding carboxylic acids is 1. The lowest BCUT2D eigenvalue weighted by Crippen LogP contribution is -2.44. The first-order chi connectivity index (χ1) is 15.7. The molecule has 0 unspecified atom stereocenters. The van der Waals surface area contributed by atoms with Crippen LogP contribution in [0.2, 0.25) is 0 Å². The van der Waals surface area contributed by atoms with E-state index in [1.54, 1.807) is 11.6 Å². The van der Waals surface area contributed by atoms with E-state index in [0.29, 0.717) is 18.8 Å². The molecule has 0 atom stereocenters. The Balaban J connectivity index is 1.73. The van der Waals surface area contributed by atoms with Crippen molar-refractivity contribution in [3.05, 3.63) is 114 Å². The fraction of sp³-hybridized carbons (Fsp3) is 0.200. The zero-order chi connectivity index (χ0) is 22.2. The second-order valence-corrected chi connectivity index (χ2v) is 8.63. The average Bonchev–Trinajstić information content (AvgIpc) is 3.29. The van der Waals surface area contributed by atoms with Crippen LogP contribution in [0.15, 0.2) is 91.0 Å². The highest BCUT2D eigenvalue weighted by molar-refractivity contribution is 8.13. The Kier molecular flexibility index (Phi) is 7.09. The summed E-state index contributed by atoms with van der Waals surface area (Å²) in [7, 11) is 0. The van der Waals surface area contributed by atoms with Gasteiger partial charge in [-0.3, -0.25) is 10.1 Å². The molecule has 0 amide bonds. The molecule has 7 heteroatoms. The third-order valence-electron chi connectivity index (χ3n) is 5.35. The molecule has 0 fully saturated rings. The molecule has 6 nitrogen and oxygen atoms in total. The van der Waals surface area contributed by atoms with E-state index in [-0.39, 0.29) is 5.12 Å². The summed E-state index contributed by atoms with van der Waals surface area (Å²) in [5, 5.41) is 16.1. The minimum atomic E-state index is -0.589. The lowest BCUT2D eigenvalue weighted by Gasteiger charge is -2.37. The summed E-state index contributed by atoms with van der Waals surface area (Å²) in [6.07, 6.45) is 0. The van der Waals surface area contributed by atoms with Crippen LogP contribution in [-0.4, -0.2) is 31.1 Å². The van der Waals surface area contributed by atoms with Gasteiger partial charge in [-0.25, -0.2) is 4.68 Å². The summed E-state index contributed by atoms with van der Waals surface area (Å²) < 4.78 is 1.76. The quantitative estimate of drug-likeness (QED) is 0.394. The van der Waals surface area contributed by atoms with Crippen LogP contribution in [-0.2, 0) is 23.4 Å². The number of thioether (sulfide) groups is 1. The molecule has 0 bridgehead atoms. The van der Waals surface area contributed by atoms with Gasteiger partial charge in [-0.2, -0.15) is 0 Å². The van der Waals surface area contributed by atoms with E-state index in [2.05, 4.69) is 93.6 Å². The van der Waals surface area contributed by atoms with Crippen molar-refractivity contribution in [1.29, 1.82) is 0 Å². The second-order valence-electron chi connectivity index (χ2n) is 7.36. The van der Waals surface area contributed by atoms with Gasteiger partial charge in [-0.15, -0.1) is 5.10 Å². The summed E-state index contributed by atoms with van der Waals surface area (Å²) in [6, 6.07) is 31.2. The van der Waals surface area contributed by atoms with Crippen molar-refractivity contribution in [3.8, 4) is 0 Å². The molecule has 1 heterocycles. The van der Waals surface area contributed by atoms with Crippen LogP contribution < -0.4 is 5.32 Å². The number of nitrogens with zero attached hydrogens (tertiary/aromatic N) is 4. The minimum absolute atomic E-state index is 0.0917. The molecule has 32 heavy (non-hydrogen) atoms. The molecule has 0 radical (unpaired) electrons. The molecule has 1 N–H and O–H groups in total. The van der Waals surface area contributed by atoms with E-state index in [1.807, 2.05) is 18.2 Å². The van der Waals surface area contributed by atoms with Crippen LogP contribution in [0.1, 0.15) is 29.4 Å². The lowest BCUT2D eigenvalue weighted by atomic mass is 9.77. The van der Waals surface area contributed by atoms with Crippen molar-refractivity contribution in [3.63, 3.8) is 0 Å². The van der Waals surface area contributed by atoms with Gasteiger partial charge in [0.15, 0.2) is 10.9 Å². The highest BCUT2D eigenvalue weighted by Crippen LogP contribution is 2.36. The number of hydrogen-bond donors (Lipinski definition) is 1. The summed E-state index contributed by atoms with van der Waals surface area (Å²) >= 11 is 1.28. The highest BCUT2D eigenvalue weighted by Gasteiger charge is 2.36. The largest absolute Gasteiger partial charge is 0.293 e. The SMILES string of the molecule is CC(=O)SCCn1nnnc1CNC(c1ccccc1)(c1ccccc1)c1ccccc1. The van der Waals surface area contributed by atoms with Crippen LogP contribution in [0.4, 0.5) is 0 Å². The van der Waals surface area contributed by atoms with E-state index in [9.17, 15) is 4.79 Å². The molecular formula is C25H25N5OS. The van der Waals surface area contributed by atoms with E-state index in [0.717, 1.165) is 22.5 Å². The van der Waals surface area contributed by atoms with Gasteiger partial charge in [0.2, 0.25) is 0 Å². The fourth-order valence-corrected chi connectivity index (χ4v) is 4.43. The predicted octanol–water partition coefficient (Wildman–Crippen LogP) is 4.03. The zero-order valence-electron chi connectivity index (χ0n) is 17.9. The number of carbonyl (C=O) groups is 1. The second kappa shape index (κ2) is 10.3. The molecule has 0 aliphatic heterocycles. The van der Waals surface area contributed by atoms with Gasteiger partial charge in [0.25, 0.3) is 0 Å². The first-order valence-corrected chi connectivity index (χ1v) is 11.5. The molecule has 0 saturated carbocycles. The van der Waals surface area contributed by atoms with Gasteiger partial charge >= 0.3 is 0 Å². The van der Waals surface area contributed by atoms with Crippen LogP contribution >= 0.6 is 11.8 Å². The van der Waals surface area contributed by atoms with Crippen LogP contribution in [0.25, 0.3) is 0 Å². The Morgan fingerprint density at radius 3 is 1.84 bits per heavy atom. The predicted molar refractivity (Wildman–Crippen MR) is 127 cm³/mol. The molecule has 0 aliphatic rings. The first-order valence-electron chi connectivity index (χ1n) is 10.5. The minimum Gasteiger partial charge on any atom is -0.293 e. The van der Waals surface area contributed by atoms with Crippen LogP contribution in [0.3, 0.4) is 0 Å². The third kappa shape index (κ3) is 4.79. The molecule has 0 aliphatic carbocycles. The lowest BCUT2D eigenvalue weighted by molar-refractivity contribution is -0.109. The maximum atomic E-state index is 11.3. The summed E-state index contributed by atoms with van der Waals surface area (Å²) in [4.78, 5) is 11.3. The molecule has 4 aromatic rings. The van der Waals surface area contributed by atoms with E-state index < -0.39 is 5.54 Å². The van der Waals surface area contributed by atoms with Crippen molar-refractivity contribution < 1.29 is 4.79 Å². The van der Waals surface area contributed by atoms with Crippen molar-refractivity contribution in [1.82, 2.24) is 25.5 Å². The molecule has 162 valence electrons. The molecular weight excluding hydrogens is 418 g/mol. The third-order valence-corrected chi connectivity index (χ3v) is 6.14. The van der Waals surface area contributed by atoms with Crippen molar-refractivity contribution in [2.45, 2.75) is 25.6 Å². The van der Waals surface area contributed by atoms with Gasteiger partial charge in [0.05, 0.1) is 18.6 Å². The van der Waals surface area contributed by atoms with Gasteiger partial charge in [0.1, 0.15) is 0 Å².